The first-order chi connectivity index (χ1) is 18.7. The summed E-state index contributed by atoms with van der Waals surface area (Å²) in [6.45, 7) is 9.00. The fourth-order valence-electron chi connectivity index (χ4n) is 5.50. The van der Waals surface area contributed by atoms with Crippen molar-refractivity contribution in [3.63, 3.8) is 0 Å². The van der Waals surface area contributed by atoms with Crippen molar-refractivity contribution in [2.24, 2.45) is 12.0 Å². The number of fused-ring (bicyclic) bond motifs is 2. The normalized spacial score (nSPS) is 18.0. The minimum atomic E-state index is -4.59. The number of aliphatic carboxylic acids is 1. The molecule has 2 aromatic rings. The number of aromatic nitrogens is 1. The number of hydrogen-bond donors (Lipinski definition) is 1. The van der Waals surface area contributed by atoms with E-state index in [0.29, 0.717) is 13.0 Å². The zero-order chi connectivity index (χ0) is 29.3. The predicted octanol–water partition coefficient (Wildman–Crippen LogP) is 5.85. The molecule has 0 fully saturated rings. The first-order valence-electron chi connectivity index (χ1n) is 13.5. The van der Waals surface area contributed by atoms with Crippen molar-refractivity contribution in [3.8, 4) is 0 Å². The van der Waals surface area contributed by atoms with Crippen LogP contribution in [0.3, 0.4) is 0 Å². The zero-order valence-corrected chi connectivity index (χ0v) is 24.5. The van der Waals surface area contributed by atoms with Crippen molar-refractivity contribution in [3.05, 3.63) is 83.7 Å². The first kappa shape index (κ1) is 32.0. The summed E-state index contributed by atoms with van der Waals surface area (Å²) < 4.78 is 37.2. The van der Waals surface area contributed by atoms with Gasteiger partial charge in [-0.15, -0.1) is 0 Å². The number of pyridine rings is 1. The van der Waals surface area contributed by atoms with Crippen molar-refractivity contribution < 1.29 is 27.4 Å². The summed E-state index contributed by atoms with van der Waals surface area (Å²) in [5.41, 5.74) is 4.03. The van der Waals surface area contributed by atoms with Gasteiger partial charge in [0.15, 0.2) is 5.71 Å². The van der Waals surface area contributed by atoms with E-state index in [1.54, 1.807) is 6.07 Å². The van der Waals surface area contributed by atoms with Crippen LogP contribution < -0.4 is 9.47 Å². The molecule has 1 aromatic heterocycles. The molecule has 220 valence electrons. The lowest BCUT2D eigenvalue weighted by atomic mass is 9.82. The average molecular weight is 580 g/mol. The van der Waals surface area contributed by atoms with Crippen molar-refractivity contribution >= 4 is 33.3 Å². The van der Waals surface area contributed by atoms with E-state index in [2.05, 4.69) is 24.8 Å². The van der Waals surface area contributed by atoms with Crippen LogP contribution in [-0.2, 0) is 32.8 Å². The van der Waals surface area contributed by atoms with E-state index in [0.717, 1.165) is 41.3 Å². The van der Waals surface area contributed by atoms with Crippen LogP contribution in [0.1, 0.15) is 71.9 Å². The van der Waals surface area contributed by atoms with Gasteiger partial charge in [0.2, 0.25) is 0 Å². The van der Waals surface area contributed by atoms with Crippen LogP contribution in [0.4, 0.5) is 11.5 Å². The SMILES string of the molecule is C.C[n+]1cccc2c1N=C(/C=C/C=C/C=C1\N(CCCCCC(=O)O)c3ccc(S(=O)(=O)[O-])cc3C1(C)C)C2(C)C. The summed E-state index contributed by atoms with van der Waals surface area (Å²) >= 11 is 0. The highest BCUT2D eigenvalue weighted by molar-refractivity contribution is 7.85. The maximum atomic E-state index is 11.7. The van der Waals surface area contributed by atoms with Crippen LogP contribution in [0, 0.1) is 0 Å². The van der Waals surface area contributed by atoms with Gasteiger partial charge in [0.05, 0.1) is 29.1 Å². The van der Waals surface area contributed by atoms with E-state index < -0.39 is 21.5 Å². The van der Waals surface area contributed by atoms with Crippen molar-refractivity contribution in [1.29, 1.82) is 0 Å². The molecular weight excluding hydrogens is 538 g/mol. The number of allylic oxidation sites excluding steroid dienone is 6. The smallest absolute Gasteiger partial charge is 0.327 e. The monoisotopic (exact) mass is 579 g/mol. The predicted molar refractivity (Wildman–Crippen MR) is 162 cm³/mol. The van der Waals surface area contributed by atoms with E-state index in [1.807, 2.05) is 68.1 Å². The molecule has 0 amide bonds. The number of anilines is 1. The summed E-state index contributed by atoms with van der Waals surface area (Å²) in [6.07, 6.45) is 14.2. The Hall–Kier alpha value is -3.56. The van der Waals surface area contributed by atoms with Crippen molar-refractivity contribution in [2.75, 3.05) is 11.4 Å². The number of aryl methyl sites for hydroxylation is 1. The Morgan fingerprint density at radius 2 is 1.78 bits per heavy atom. The largest absolute Gasteiger partial charge is 0.744 e. The second-order valence-electron chi connectivity index (χ2n) is 11.4. The molecular formula is C32H41N3O5S. The summed E-state index contributed by atoms with van der Waals surface area (Å²) in [6, 6.07) is 8.68. The van der Waals surface area contributed by atoms with Gasteiger partial charge in [0.1, 0.15) is 10.1 Å². The lowest BCUT2D eigenvalue weighted by Crippen LogP contribution is -2.30. The number of hydrogen-bond acceptors (Lipinski definition) is 6. The van der Waals surface area contributed by atoms with E-state index >= 15 is 0 Å². The molecule has 2 aliphatic rings. The quantitative estimate of drug-likeness (QED) is 0.163. The molecule has 0 radical (unpaired) electrons. The van der Waals surface area contributed by atoms with Gasteiger partial charge in [-0.3, -0.25) is 4.79 Å². The van der Waals surface area contributed by atoms with Crippen LogP contribution in [0.2, 0.25) is 0 Å². The average Bonchev–Trinajstić information content (AvgIpc) is 3.25. The highest BCUT2D eigenvalue weighted by atomic mass is 32.2. The molecule has 0 unspecified atom stereocenters. The fourth-order valence-corrected chi connectivity index (χ4v) is 6.00. The molecule has 0 aliphatic carbocycles. The van der Waals surface area contributed by atoms with Crippen LogP contribution in [0.5, 0.6) is 0 Å². The molecule has 41 heavy (non-hydrogen) atoms. The van der Waals surface area contributed by atoms with Crippen LogP contribution in [0.25, 0.3) is 0 Å². The van der Waals surface area contributed by atoms with Gasteiger partial charge < -0.3 is 14.6 Å². The Kier molecular flexibility index (Phi) is 9.45. The fraction of sp³-hybridized carbons (Fsp3) is 0.406. The Labute approximate surface area is 244 Å². The Bertz CT molecular complexity index is 1550. The maximum absolute atomic E-state index is 11.7. The number of carboxylic acid groups (broad SMARTS) is 1. The Balaban J connectivity index is 0.00000462. The van der Waals surface area contributed by atoms with Gasteiger partial charge in [0, 0.05) is 29.8 Å². The molecule has 0 saturated carbocycles. The number of unbranched alkanes of at least 4 members (excludes halogenated alkanes) is 2. The molecule has 1 N–H and O–H groups in total. The summed E-state index contributed by atoms with van der Waals surface area (Å²) in [7, 11) is -2.59. The summed E-state index contributed by atoms with van der Waals surface area (Å²) in [5.74, 6) is 0.157. The molecule has 4 rings (SSSR count). The van der Waals surface area contributed by atoms with Gasteiger partial charge in [-0.25, -0.2) is 13.0 Å². The lowest BCUT2D eigenvalue weighted by Gasteiger charge is -2.27. The zero-order valence-electron chi connectivity index (χ0n) is 23.7. The first-order valence-corrected chi connectivity index (χ1v) is 14.9. The molecule has 8 nitrogen and oxygen atoms in total. The Morgan fingerprint density at radius 1 is 1.05 bits per heavy atom. The van der Waals surface area contributed by atoms with Crippen molar-refractivity contribution in [1.82, 2.24) is 0 Å². The minimum absolute atomic E-state index is 0. The number of rotatable bonds is 10. The topological polar surface area (TPSA) is 114 Å². The number of aliphatic imine (C=N–C) groups is 1. The molecule has 3 heterocycles. The number of nitrogens with zero attached hydrogens (tertiary/aromatic N) is 3. The minimum Gasteiger partial charge on any atom is -0.744 e. The van der Waals surface area contributed by atoms with Gasteiger partial charge in [-0.2, -0.15) is 0 Å². The van der Waals surface area contributed by atoms with E-state index in [1.165, 1.54) is 17.7 Å². The highest BCUT2D eigenvalue weighted by Crippen LogP contribution is 2.48. The summed E-state index contributed by atoms with van der Waals surface area (Å²) in [4.78, 5) is 17.6. The third-order valence-corrected chi connectivity index (χ3v) is 8.67. The number of benzene rings is 1. The van der Waals surface area contributed by atoms with E-state index in [4.69, 9.17) is 10.1 Å². The highest BCUT2D eigenvalue weighted by Gasteiger charge is 2.42. The van der Waals surface area contributed by atoms with Gasteiger partial charge in [0.25, 0.3) is 0 Å². The molecule has 0 spiro atoms. The van der Waals surface area contributed by atoms with Crippen LogP contribution in [0.15, 0.2) is 82.5 Å². The molecule has 9 heteroatoms. The molecule has 2 aliphatic heterocycles. The molecule has 0 saturated heterocycles. The number of carboxylic acids is 1. The van der Waals surface area contributed by atoms with Crippen LogP contribution >= 0.6 is 0 Å². The number of carbonyl (C=O) groups is 1. The molecule has 0 atom stereocenters. The van der Waals surface area contributed by atoms with E-state index in [-0.39, 0.29) is 24.2 Å². The third-order valence-electron chi connectivity index (χ3n) is 7.84. The molecule has 0 bridgehead atoms. The van der Waals surface area contributed by atoms with E-state index in [9.17, 15) is 17.8 Å². The van der Waals surface area contributed by atoms with Crippen molar-refractivity contribution in [2.45, 2.75) is 76.5 Å². The second-order valence-corrected chi connectivity index (χ2v) is 12.8. The Morgan fingerprint density at radius 3 is 2.44 bits per heavy atom. The lowest BCUT2D eigenvalue weighted by molar-refractivity contribution is -0.658. The van der Waals surface area contributed by atoms with Gasteiger partial charge in [-0.1, -0.05) is 45.9 Å². The van der Waals surface area contributed by atoms with Gasteiger partial charge in [-0.05, 0) is 79.7 Å². The third kappa shape index (κ3) is 6.52. The van der Waals surface area contributed by atoms with Crippen LogP contribution in [-0.4, -0.2) is 36.3 Å². The summed E-state index contributed by atoms with van der Waals surface area (Å²) in [5, 5.41) is 8.94. The molecule has 1 aromatic carbocycles. The standard InChI is InChI=1S/C31H37N3O5S.CH4/c1-30(2)23-13-12-19-33(5)29(23)32-26(30)14-8-6-9-15-27-31(3,4)24-21-22(40(37,38)39)17-18-25(24)34(27)20-11-7-10-16-28(35)36;/h6,8-9,12-15,17-19,21H,7,10-11,16,20H2,1-5H3,(H-,35,36,37,38,39);1H4. The second kappa shape index (κ2) is 12.1. The maximum Gasteiger partial charge on any atom is 0.327 e. The van der Waals surface area contributed by atoms with Gasteiger partial charge >= 0.3 is 11.8 Å².